The lowest BCUT2D eigenvalue weighted by Crippen LogP contribution is -2.42. The third kappa shape index (κ3) is 3.35. The van der Waals surface area contributed by atoms with Crippen LogP contribution in [-0.4, -0.2) is 11.2 Å². The van der Waals surface area contributed by atoms with Gasteiger partial charge in [0, 0.05) is 15.7 Å². The maximum atomic E-state index is 12.7. The largest absolute Gasteiger partial charge is 0.334 e. The molecule has 126 valence electrons. The molecule has 7 heteroatoms. The first kappa shape index (κ1) is 16.4. The van der Waals surface area contributed by atoms with Gasteiger partial charge in [0.15, 0.2) is 4.80 Å². The van der Waals surface area contributed by atoms with Gasteiger partial charge < -0.3 is 4.90 Å². The number of hydrogen-bond acceptors (Lipinski definition) is 4. The Morgan fingerprint density at radius 2 is 1.64 bits per heavy atom. The molecule has 0 bridgehead atoms. The molecule has 0 saturated heterocycles. The first-order valence-electron chi connectivity index (χ1n) is 7.62. The molecule has 1 aliphatic heterocycles. The van der Waals surface area contributed by atoms with Crippen LogP contribution in [0.4, 0.5) is 5.69 Å². The highest BCUT2D eigenvalue weighted by Gasteiger charge is 2.15. The molecule has 3 aromatic rings. The standard InChI is InChI=1S/C18H13Cl2N3OS/c19-13-3-1-12(2-4-13)9-16-17(24)23-11-22(10-21-18(23)25-16)15-7-5-14(20)6-8-15/h1-9H,10-11H2. The fourth-order valence-electron chi connectivity index (χ4n) is 2.64. The van der Waals surface area contributed by atoms with E-state index in [2.05, 4.69) is 4.99 Å². The van der Waals surface area contributed by atoms with Crippen LogP contribution in [0.15, 0.2) is 58.3 Å². The molecular formula is C18H13Cl2N3OS. The van der Waals surface area contributed by atoms with E-state index in [1.54, 1.807) is 4.57 Å². The van der Waals surface area contributed by atoms with Crippen LogP contribution in [0, 0.1) is 0 Å². The molecule has 0 aliphatic carbocycles. The smallest absolute Gasteiger partial charge is 0.271 e. The Labute approximate surface area is 157 Å². The van der Waals surface area contributed by atoms with Crippen LogP contribution in [0.1, 0.15) is 5.56 Å². The molecule has 0 amide bonds. The van der Waals surface area contributed by atoms with Crippen LogP contribution < -0.4 is 19.8 Å². The lowest BCUT2D eigenvalue weighted by atomic mass is 10.2. The molecule has 0 saturated carbocycles. The second-order valence-electron chi connectivity index (χ2n) is 5.64. The number of thiazole rings is 1. The molecule has 4 nitrogen and oxygen atoms in total. The van der Waals surface area contributed by atoms with E-state index in [-0.39, 0.29) is 5.56 Å². The summed E-state index contributed by atoms with van der Waals surface area (Å²) < 4.78 is 2.36. The zero-order valence-corrected chi connectivity index (χ0v) is 15.4. The van der Waals surface area contributed by atoms with E-state index >= 15 is 0 Å². The number of rotatable bonds is 2. The van der Waals surface area contributed by atoms with Crippen molar-refractivity contribution in [3.8, 4) is 0 Å². The van der Waals surface area contributed by atoms with Gasteiger partial charge in [-0.1, -0.05) is 46.7 Å². The molecule has 2 heterocycles. The summed E-state index contributed by atoms with van der Waals surface area (Å²) in [5.74, 6) is 0. The third-order valence-electron chi connectivity index (χ3n) is 3.94. The zero-order chi connectivity index (χ0) is 17.4. The van der Waals surface area contributed by atoms with Crippen LogP contribution in [-0.2, 0) is 6.67 Å². The summed E-state index contributed by atoms with van der Waals surface area (Å²) in [4.78, 5) is 20.0. The minimum absolute atomic E-state index is 0.0302. The van der Waals surface area contributed by atoms with Crippen molar-refractivity contribution >= 4 is 46.3 Å². The molecule has 0 N–H and O–H groups in total. The monoisotopic (exact) mass is 389 g/mol. The van der Waals surface area contributed by atoms with Crippen molar-refractivity contribution in [2.45, 2.75) is 6.67 Å². The van der Waals surface area contributed by atoms with Gasteiger partial charge in [0.05, 0.1) is 4.53 Å². The Bertz CT molecular complexity index is 1090. The van der Waals surface area contributed by atoms with Crippen molar-refractivity contribution in [3.63, 3.8) is 0 Å². The summed E-state index contributed by atoms with van der Waals surface area (Å²) in [5.41, 5.74) is 1.90. The van der Waals surface area contributed by atoms with Crippen molar-refractivity contribution in [2.75, 3.05) is 11.6 Å². The van der Waals surface area contributed by atoms with Crippen molar-refractivity contribution in [1.29, 1.82) is 0 Å². The Kier molecular flexibility index (Phi) is 4.37. The maximum Gasteiger partial charge on any atom is 0.271 e. The molecule has 2 aromatic carbocycles. The van der Waals surface area contributed by atoms with E-state index in [1.807, 2.05) is 59.5 Å². The second-order valence-corrected chi connectivity index (χ2v) is 7.52. The van der Waals surface area contributed by atoms with Crippen LogP contribution in [0.25, 0.3) is 6.08 Å². The van der Waals surface area contributed by atoms with Gasteiger partial charge in [-0.3, -0.25) is 9.36 Å². The normalized spacial score (nSPS) is 14.3. The number of anilines is 1. The highest BCUT2D eigenvalue weighted by molar-refractivity contribution is 7.07. The van der Waals surface area contributed by atoms with Gasteiger partial charge in [-0.15, -0.1) is 0 Å². The fourth-order valence-corrected chi connectivity index (χ4v) is 3.85. The van der Waals surface area contributed by atoms with E-state index in [1.165, 1.54) is 11.3 Å². The van der Waals surface area contributed by atoms with Gasteiger partial charge in [0.1, 0.15) is 13.3 Å². The number of halogens is 2. The molecule has 0 radical (unpaired) electrons. The van der Waals surface area contributed by atoms with Crippen LogP contribution in [0.5, 0.6) is 0 Å². The van der Waals surface area contributed by atoms with Crippen molar-refractivity contribution in [2.24, 2.45) is 4.99 Å². The summed E-state index contributed by atoms with van der Waals surface area (Å²) in [6.45, 7) is 0.992. The van der Waals surface area contributed by atoms with E-state index in [0.717, 1.165) is 16.1 Å². The van der Waals surface area contributed by atoms with Gasteiger partial charge in [-0.2, -0.15) is 0 Å². The van der Waals surface area contributed by atoms with E-state index in [9.17, 15) is 4.79 Å². The predicted octanol–water partition coefficient (Wildman–Crippen LogP) is 3.10. The number of fused-ring (bicyclic) bond motifs is 1. The quantitative estimate of drug-likeness (QED) is 0.675. The van der Waals surface area contributed by atoms with E-state index in [0.29, 0.717) is 27.9 Å². The zero-order valence-electron chi connectivity index (χ0n) is 13.0. The lowest BCUT2D eigenvalue weighted by molar-refractivity contribution is 0.569. The Morgan fingerprint density at radius 1 is 1.00 bits per heavy atom. The first-order valence-corrected chi connectivity index (χ1v) is 9.19. The predicted molar refractivity (Wildman–Crippen MR) is 103 cm³/mol. The highest BCUT2D eigenvalue weighted by atomic mass is 35.5. The molecule has 4 rings (SSSR count). The summed E-state index contributed by atoms with van der Waals surface area (Å²) in [6.07, 6.45) is 1.87. The van der Waals surface area contributed by atoms with Crippen LogP contribution >= 0.6 is 34.5 Å². The van der Waals surface area contributed by atoms with Crippen LogP contribution in [0.3, 0.4) is 0 Å². The Balaban J connectivity index is 1.70. The second kappa shape index (κ2) is 6.67. The molecule has 0 fully saturated rings. The highest BCUT2D eigenvalue weighted by Crippen LogP contribution is 2.19. The van der Waals surface area contributed by atoms with Crippen molar-refractivity contribution in [1.82, 2.24) is 4.57 Å². The number of benzene rings is 2. The molecule has 0 atom stereocenters. The lowest BCUT2D eigenvalue weighted by Gasteiger charge is -2.25. The first-order chi connectivity index (χ1) is 12.1. The van der Waals surface area contributed by atoms with E-state index in [4.69, 9.17) is 23.2 Å². The number of nitrogens with zero attached hydrogens (tertiary/aromatic N) is 3. The molecular weight excluding hydrogens is 377 g/mol. The van der Waals surface area contributed by atoms with Gasteiger partial charge in [0.25, 0.3) is 5.56 Å². The third-order valence-corrected chi connectivity index (χ3v) is 5.48. The molecule has 1 aromatic heterocycles. The number of hydrogen-bond donors (Lipinski definition) is 0. The minimum Gasteiger partial charge on any atom is -0.334 e. The fraction of sp³-hybridized carbons (Fsp3) is 0.111. The van der Waals surface area contributed by atoms with E-state index < -0.39 is 0 Å². The SMILES string of the molecule is O=c1c(=Cc2ccc(Cl)cc2)sc2n1CN(c1ccc(Cl)cc1)CN=2. The average molecular weight is 390 g/mol. The number of aromatic nitrogens is 1. The minimum atomic E-state index is -0.0302. The molecule has 25 heavy (non-hydrogen) atoms. The topological polar surface area (TPSA) is 37.6 Å². The van der Waals surface area contributed by atoms with Crippen molar-refractivity contribution in [3.05, 3.63) is 83.8 Å². The van der Waals surface area contributed by atoms with Gasteiger partial charge in [-0.25, -0.2) is 4.99 Å². The summed E-state index contributed by atoms with van der Waals surface area (Å²) in [5, 5.41) is 1.36. The van der Waals surface area contributed by atoms with Gasteiger partial charge >= 0.3 is 0 Å². The molecule has 0 unspecified atom stereocenters. The molecule has 0 spiro atoms. The Morgan fingerprint density at radius 3 is 2.32 bits per heavy atom. The summed E-state index contributed by atoms with van der Waals surface area (Å²) in [6, 6.07) is 14.9. The van der Waals surface area contributed by atoms with Gasteiger partial charge in [-0.05, 0) is 48.0 Å². The summed E-state index contributed by atoms with van der Waals surface area (Å²) in [7, 11) is 0. The Hall–Kier alpha value is -2.08. The van der Waals surface area contributed by atoms with Crippen LogP contribution in [0.2, 0.25) is 10.0 Å². The molecule has 1 aliphatic rings. The van der Waals surface area contributed by atoms with Gasteiger partial charge in [0.2, 0.25) is 0 Å². The van der Waals surface area contributed by atoms with Crippen molar-refractivity contribution < 1.29 is 0 Å². The average Bonchev–Trinajstić information content (AvgIpc) is 2.93. The maximum absolute atomic E-state index is 12.7. The summed E-state index contributed by atoms with van der Waals surface area (Å²) >= 11 is 13.3.